The summed E-state index contributed by atoms with van der Waals surface area (Å²) in [6.07, 6.45) is 1.93. The molecule has 0 aliphatic carbocycles. The molecule has 0 unspecified atom stereocenters. The standard InChI is InChI=1S/C25H29N3O/c1-2-26-25(29)28-17-15-21(16-18-28)27-24(20-10-4-3-5-11-20)23-14-8-12-19-9-6-7-13-22(19)23/h3-14,21,24,27H,2,15-18H2,1H3,(H,26,29)/t24-/m1/s1. The number of fused-ring (bicyclic) bond motifs is 1. The molecule has 1 heterocycles. The van der Waals surface area contributed by atoms with Gasteiger partial charge in [0.15, 0.2) is 0 Å². The lowest BCUT2D eigenvalue weighted by atomic mass is 9.92. The largest absolute Gasteiger partial charge is 0.338 e. The summed E-state index contributed by atoms with van der Waals surface area (Å²) in [7, 11) is 0. The maximum atomic E-state index is 12.1. The van der Waals surface area contributed by atoms with Crippen LogP contribution in [0.4, 0.5) is 4.79 Å². The molecule has 2 N–H and O–H groups in total. The van der Waals surface area contributed by atoms with Gasteiger partial charge >= 0.3 is 6.03 Å². The highest BCUT2D eigenvalue weighted by molar-refractivity contribution is 5.86. The molecule has 0 aromatic heterocycles. The summed E-state index contributed by atoms with van der Waals surface area (Å²) in [4.78, 5) is 14.0. The van der Waals surface area contributed by atoms with Gasteiger partial charge in [-0.05, 0) is 41.7 Å². The molecule has 4 nitrogen and oxygen atoms in total. The van der Waals surface area contributed by atoms with Gasteiger partial charge < -0.3 is 15.5 Å². The summed E-state index contributed by atoms with van der Waals surface area (Å²) in [6.45, 7) is 4.22. The van der Waals surface area contributed by atoms with Crippen molar-refractivity contribution in [2.45, 2.75) is 31.8 Å². The first-order valence-electron chi connectivity index (χ1n) is 10.6. The normalized spacial score (nSPS) is 16.0. The van der Waals surface area contributed by atoms with Gasteiger partial charge in [0.1, 0.15) is 0 Å². The van der Waals surface area contributed by atoms with Gasteiger partial charge in [-0.25, -0.2) is 4.79 Å². The van der Waals surface area contributed by atoms with E-state index in [1.807, 2.05) is 11.8 Å². The van der Waals surface area contributed by atoms with Crippen LogP contribution in [0.3, 0.4) is 0 Å². The number of nitrogens with zero attached hydrogens (tertiary/aromatic N) is 1. The fourth-order valence-corrected chi connectivity index (χ4v) is 4.26. The lowest BCUT2D eigenvalue weighted by Gasteiger charge is -2.35. The minimum absolute atomic E-state index is 0.0552. The zero-order valence-electron chi connectivity index (χ0n) is 17.0. The van der Waals surface area contributed by atoms with Crippen molar-refractivity contribution in [1.29, 1.82) is 0 Å². The Morgan fingerprint density at radius 2 is 1.66 bits per heavy atom. The first kappa shape index (κ1) is 19.5. The number of carbonyl (C=O) groups excluding carboxylic acids is 1. The Balaban J connectivity index is 1.58. The number of hydrogen-bond donors (Lipinski definition) is 2. The third kappa shape index (κ3) is 4.43. The smallest absolute Gasteiger partial charge is 0.317 e. The number of carbonyl (C=O) groups is 1. The Labute approximate surface area is 172 Å². The first-order chi connectivity index (χ1) is 14.3. The highest BCUT2D eigenvalue weighted by atomic mass is 16.2. The average molecular weight is 388 g/mol. The molecule has 3 aromatic carbocycles. The molecule has 1 aliphatic heterocycles. The number of nitrogens with one attached hydrogen (secondary N) is 2. The van der Waals surface area contributed by atoms with Crippen LogP contribution in [0.2, 0.25) is 0 Å². The van der Waals surface area contributed by atoms with E-state index in [4.69, 9.17) is 0 Å². The van der Waals surface area contributed by atoms with E-state index in [1.54, 1.807) is 0 Å². The predicted molar refractivity (Wildman–Crippen MR) is 119 cm³/mol. The molecule has 1 saturated heterocycles. The van der Waals surface area contributed by atoms with E-state index in [1.165, 1.54) is 21.9 Å². The van der Waals surface area contributed by atoms with Crippen LogP contribution >= 0.6 is 0 Å². The molecule has 0 spiro atoms. The fourth-order valence-electron chi connectivity index (χ4n) is 4.26. The second kappa shape index (κ2) is 9.10. The molecule has 1 aliphatic rings. The molecule has 0 radical (unpaired) electrons. The summed E-state index contributed by atoms with van der Waals surface area (Å²) in [6, 6.07) is 26.4. The first-order valence-corrected chi connectivity index (χ1v) is 10.6. The Morgan fingerprint density at radius 3 is 2.41 bits per heavy atom. The van der Waals surface area contributed by atoms with Crippen molar-refractivity contribution in [3.8, 4) is 0 Å². The van der Waals surface area contributed by atoms with Crippen LogP contribution < -0.4 is 10.6 Å². The summed E-state index contributed by atoms with van der Waals surface area (Å²) in [5.41, 5.74) is 2.58. The lowest BCUT2D eigenvalue weighted by molar-refractivity contribution is 0.175. The Bertz CT molecular complexity index is 943. The second-order valence-electron chi connectivity index (χ2n) is 7.68. The molecule has 1 atom stereocenters. The summed E-state index contributed by atoms with van der Waals surface area (Å²) in [5, 5.41) is 9.37. The van der Waals surface area contributed by atoms with Gasteiger partial charge in [0.05, 0.1) is 6.04 Å². The van der Waals surface area contributed by atoms with Crippen molar-refractivity contribution < 1.29 is 4.79 Å². The molecule has 0 saturated carbocycles. The Hall–Kier alpha value is -2.85. The van der Waals surface area contributed by atoms with Crippen molar-refractivity contribution in [1.82, 2.24) is 15.5 Å². The van der Waals surface area contributed by atoms with Crippen LogP contribution in [0.1, 0.15) is 36.9 Å². The van der Waals surface area contributed by atoms with Gasteiger partial charge in [0, 0.05) is 25.7 Å². The molecule has 150 valence electrons. The van der Waals surface area contributed by atoms with Gasteiger partial charge in [0.25, 0.3) is 0 Å². The molecule has 0 bridgehead atoms. The van der Waals surface area contributed by atoms with Crippen LogP contribution in [0.15, 0.2) is 72.8 Å². The van der Waals surface area contributed by atoms with Gasteiger partial charge in [-0.1, -0.05) is 72.8 Å². The summed E-state index contributed by atoms with van der Waals surface area (Å²) < 4.78 is 0. The summed E-state index contributed by atoms with van der Waals surface area (Å²) in [5.74, 6) is 0. The fraction of sp³-hybridized carbons (Fsp3) is 0.320. The number of piperidine rings is 1. The minimum atomic E-state index is 0.0552. The number of likely N-dealkylation sites (tertiary alicyclic amines) is 1. The molecule has 3 aromatic rings. The highest BCUT2D eigenvalue weighted by Gasteiger charge is 2.26. The molecular weight excluding hydrogens is 358 g/mol. The van der Waals surface area contributed by atoms with Gasteiger partial charge in [-0.15, -0.1) is 0 Å². The maximum Gasteiger partial charge on any atom is 0.317 e. The average Bonchev–Trinajstić information content (AvgIpc) is 2.78. The number of rotatable bonds is 5. The number of amides is 2. The molecule has 29 heavy (non-hydrogen) atoms. The van der Waals surface area contributed by atoms with Crippen LogP contribution in [0.25, 0.3) is 10.8 Å². The van der Waals surface area contributed by atoms with Crippen molar-refractivity contribution in [3.63, 3.8) is 0 Å². The Kier molecular flexibility index (Phi) is 6.11. The molecule has 4 rings (SSSR count). The Morgan fingerprint density at radius 1 is 0.966 bits per heavy atom. The molecule has 1 fully saturated rings. The number of benzene rings is 3. The topological polar surface area (TPSA) is 44.4 Å². The van der Waals surface area contributed by atoms with E-state index in [0.29, 0.717) is 12.6 Å². The van der Waals surface area contributed by atoms with Crippen LogP contribution in [-0.4, -0.2) is 36.6 Å². The van der Waals surface area contributed by atoms with Crippen molar-refractivity contribution in [3.05, 3.63) is 83.9 Å². The van der Waals surface area contributed by atoms with E-state index < -0.39 is 0 Å². The molecular formula is C25H29N3O. The van der Waals surface area contributed by atoms with E-state index in [2.05, 4.69) is 83.4 Å². The number of urea groups is 1. The van der Waals surface area contributed by atoms with E-state index in [9.17, 15) is 4.79 Å². The highest BCUT2D eigenvalue weighted by Crippen LogP contribution is 2.30. The van der Waals surface area contributed by atoms with E-state index in [0.717, 1.165) is 25.9 Å². The van der Waals surface area contributed by atoms with Gasteiger partial charge in [0.2, 0.25) is 0 Å². The van der Waals surface area contributed by atoms with Crippen molar-refractivity contribution >= 4 is 16.8 Å². The second-order valence-corrected chi connectivity index (χ2v) is 7.68. The van der Waals surface area contributed by atoms with Crippen molar-refractivity contribution in [2.75, 3.05) is 19.6 Å². The number of hydrogen-bond acceptors (Lipinski definition) is 2. The van der Waals surface area contributed by atoms with Gasteiger partial charge in [-0.2, -0.15) is 0 Å². The quantitative estimate of drug-likeness (QED) is 0.666. The van der Waals surface area contributed by atoms with E-state index >= 15 is 0 Å². The summed E-state index contributed by atoms with van der Waals surface area (Å²) >= 11 is 0. The van der Waals surface area contributed by atoms with E-state index in [-0.39, 0.29) is 12.1 Å². The van der Waals surface area contributed by atoms with Crippen LogP contribution in [0, 0.1) is 0 Å². The zero-order valence-corrected chi connectivity index (χ0v) is 17.0. The third-order valence-corrected chi connectivity index (χ3v) is 5.78. The minimum Gasteiger partial charge on any atom is -0.338 e. The molecule has 4 heteroatoms. The van der Waals surface area contributed by atoms with Gasteiger partial charge in [-0.3, -0.25) is 0 Å². The van der Waals surface area contributed by atoms with Crippen LogP contribution in [-0.2, 0) is 0 Å². The SMILES string of the molecule is CCNC(=O)N1CCC(N[C@H](c2ccccc2)c2cccc3ccccc23)CC1. The predicted octanol–water partition coefficient (Wildman–Crippen LogP) is 4.71. The lowest BCUT2D eigenvalue weighted by Crippen LogP contribution is -2.49. The third-order valence-electron chi connectivity index (χ3n) is 5.78. The maximum absolute atomic E-state index is 12.1. The van der Waals surface area contributed by atoms with Crippen LogP contribution in [0.5, 0.6) is 0 Å². The molecule has 2 amide bonds. The monoisotopic (exact) mass is 387 g/mol. The van der Waals surface area contributed by atoms with Crippen molar-refractivity contribution in [2.24, 2.45) is 0 Å². The zero-order chi connectivity index (χ0) is 20.1.